The average molecular weight is 715 g/mol. The Morgan fingerprint density at radius 1 is 0.740 bits per heavy atom. The molecular weight excluding hydrogens is 673 g/mol. The van der Waals surface area contributed by atoms with Crippen molar-refractivity contribution in [2.45, 2.75) is 50.8 Å². The molecule has 9 nitrogen and oxygen atoms in total. The normalized spacial score (nSPS) is 20.8. The molecule has 1 N–H and O–H groups in total. The van der Waals surface area contributed by atoms with Crippen molar-refractivity contribution in [3.63, 3.8) is 0 Å². The number of likely N-dealkylation sites (tertiary alicyclic amines) is 1. The number of nitrogens with zero attached hydrogens (tertiary/aromatic N) is 5. The van der Waals surface area contributed by atoms with Crippen molar-refractivity contribution >= 4 is 29.1 Å². The summed E-state index contributed by atoms with van der Waals surface area (Å²) in [7, 11) is 3.34. The molecule has 4 heterocycles. The van der Waals surface area contributed by atoms with Gasteiger partial charge in [0.15, 0.2) is 0 Å². The van der Waals surface area contributed by atoms with Crippen LogP contribution in [0.1, 0.15) is 54.1 Å². The number of hydrogen-bond acceptors (Lipinski definition) is 8. The summed E-state index contributed by atoms with van der Waals surface area (Å²) in [5.41, 5.74) is 9.43. The number of fused-ring (bicyclic) bond motifs is 2. The molecule has 0 spiro atoms. The number of amides is 1. The summed E-state index contributed by atoms with van der Waals surface area (Å²) in [6, 6.07) is 16.6. The van der Waals surface area contributed by atoms with Gasteiger partial charge in [-0.15, -0.1) is 0 Å². The molecule has 0 saturated carbocycles. The zero-order valence-corrected chi connectivity index (χ0v) is 30.1. The number of piperazine rings is 1. The van der Waals surface area contributed by atoms with E-state index in [2.05, 4.69) is 21.9 Å². The largest absolute Gasteiger partial charge is 0.481 e. The SMILES string of the molecule is COc1nc(-c2cccc(-c3cccc(-c4cc5c(c(OC)n4)[C@@H](N4CC(O)C4)CC5)c3Cl)c2Cl)cc2c1[C@@H](N1CCN(C(C)=O)CC1)CC2. The van der Waals surface area contributed by atoms with Gasteiger partial charge < -0.3 is 19.5 Å². The molecule has 4 aromatic rings. The molecule has 50 heavy (non-hydrogen) atoms. The Kier molecular flexibility index (Phi) is 8.98. The fourth-order valence-electron chi connectivity index (χ4n) is 8.45. The highest BCUT2D eigenvalue weighted by Crippen LogP contribution is 2.48. The number of hydrogen-bond donors (Lipinski definition) is 1. The van der Waals surface area contributed by atoms with E-state index in [0.29, 0.717) is 34.9 Å². The number of aliphatic hydroxyl groups excluding tert-OH is 1. The summed E-state index contributed by atoms with van der Waals surface area (Å²) >= 11 is 14.5. The Morgan fingerprint density at radius 2 is 1.20 bits per heavy atom. The number of aromatic nitrogens is 2. The number of carbonyl (C=O) groups is 1. The van der Waals surface area contributed by atoms with Gasteiger partial charge in [-0.1, -0.05) is 59.6 Å². The van der Waals surface area contributed by atoms with Crippen molar-refractivity contribution in [3.05, 3.63) is 80.8 Å². The van der Waals surface area contributed by atoms with Gasteiger partial charge in [0, 0.05) is 91.7 Å². The van der Waals surface area contributed by atoms with Crippen molar-refractivity contribution in [1.82, 2.24) is 24.7 Å². The van der Waals surface area contributed by atoms with Gasteiger partial charge in [0.2, 0.25) is 17.7 Å². The molecular formula is C39H41Cl2N5O4. The Morgan fingerprint density at radius 3 is 1.64 bits per heavy atom. The molecule has 4 aliphatic rings. The summed E-state index contributed by atoms with van der Waals surface area (Å²) in [5.74, 6) is 1.37. The number of aryl methyl sites for hydroxylation is 2. The van der Waals surface area contributed by atoms with Crippen molar-refractivity contribution in [2.75, 3.05) is 53.5 Å². The van der Waals surface area contributed by atoms with E-state index in [1.165, 1.54) is 11.1 Å². The van der Waals surface area contributed by atoms with Crippen LogP contribution in [0.4, 0.5) is 0 Å². The fraction of sp³-hybridized carbons (Fsp3) is 0.410. The monoisotopic (exact) mass is 713 g/mol. The Bertz CT molecular complexity index is 1970. The smallest absolute Gasteiger partial charge is 0.219 e. The lowest BCUT2D eigenvalue weighted by atomic mass is 9.96. The third kappa shape index (κ3) is 5.73. The molecule has 2 aromatic heterocycles. The second-order valence-corrected chi connectivity index (χ2v) is 14.5. The van der Waals surface area contributed by atoms with Crippen molar-refractivity contribution in [2.24, 2.45) is 0 Å². The first-order valence-corrected chi connectivity index (χ1v) is 18.2. The third-order valence-corrected chi connectivity index (χ3v) is 11.8. The minimum absolute atomic E-state index is 0.131. The maximum Gasteiger partial charge on any atom is 0.219 e. The van der Waals surface area contributed by atoms with Crippen LogP contribution >= 0.6 is 23.2 Å². The highest BCUT2D eigenvalue weighted by atomic mass is 35.5. The number of halogens is 2. The first kappa shape index (κ1) is 33.4. The van der Waals surface area contributed by atoms with Gasteiger partial charge in [0.1, 0.15) is 0 Å². The summed E-state index contributed by atoms with van der Waals surface area (Å²) in [6.45, 7) is 6.14. The van der Waals surface area contributed by atoms with Gasteiger partial charge in [0.05, 0.1) is 41.8 Å². The van der Waals surface area contributed by atoms with E-state index in [4.69, 9.17) is 42.6 Å². The topological polar surface area (TPSA) is 91.3 Å². The van der Waals surface area contributed by atoms with E-state index < -0.39 is 0 Å². The van der Waals surface area contributed by atoms with Crippen LogP contribution in [0.3, 0.4) is 0 Å². The third-order valence-electron chi connectivity index (χ3n) is 11.0. The molecule has 0 bridgehead atoms. The Labute approximate surface area is 302 Å². The van der Waals surface area contributed by atoms with Crippen LogP contribution in [0.2, 0.25) is 10.0 Å². The average Bonchev–Trinajstić information content (AvgIpc) is 3.74. The van der Waals surface area contributed by atoms with Gasteiger partial charge in [-0.25, -0.2) is 9.97 Å². The molecule has 8 rings (SSSR count). The van der Waals surface area contributed by atoms with Crippen LogP contribution in [-0.2, 0) is 17.6 Å². The van der Waals surface area contributed by atoms with Crippen LogP contribution < -0.4 is 9.47 Å². The molecule has 0 unspecified atom stereocenters. The predicted octanol–water partition coefficient (Wildman–Crippen LogP) is 6.62. The molecule has 11 heteroatoms. The van der Waals surface area contributed by atoms with Gasteiger partial charge in [0.25, 0.3) is 0 Å². The second-order valence-electron chi connectivity index (χ2n) is 13.8. The van der Waals surface area contributed by atoms with Crippen LogP contribution in [0.5, 0.6) is 11.8 Å². The molecule has 1 amide bonds. The number of β-amino-alcohol motifs (C(OH)–C–C–N with tert-alkyl or cyclic N) is 1. The van der Waals surface area contributed by atoms with Gasteiger partial charge >= 0.3 is 0 Å². The second kappa shape index (κ2) is 13.4. The number of benzene rings is 2. The predicted molar refractivity (Wildman–Crippen MR) is 195 cm³/mol. The molecule has 2 fully saturated rings. The van der Waals surface area contributed by atoms with Crippen LogP contribution in [0, 0.1) is 0 Å². The molecule has 260 valence electrons. The minimum Gasteiger partial charge on any atom is -0.481 e. The number of aliphatic hydroxyl groups is 1. The first-order chi connectivity index (χ1) is 24.2. The lowest BCUT2D eigenvalue weighted by molar-refractivity contribution is -0.130. The van der Waals surface area contributed by atoms with Crippen molar-refractivity contribution in [1.29, 1.82) is 0 Å². The van der Waals surface area contributed by atoms with Gasteiger partial charge in [-0.05, 0) is 48.9 Å². The number of pyridine rings is 2. The first-order valence-electron chi connectivity index (χ1n) is 17.4. The number of carbonyl (C=O) groups excluding carboxylic acids is 1. The zero-order valence-electron chi connectivity index (χ0n) is 28.6. The molecule has 2 aromatic carbocycles. The minimum atomic E-state index is -0.260. The highest BCUT2D eigenvalue weighted by molar-refractivity contribution is 6.39. The van der Waals surface area contributed by atoms with E-state index in [-0.39, 0.29) is 24.1 Å². The lowest BCUT2D eigenvalue weighted by Gasteiger charge is -2.40. The Hall–Kier alpha value is -3.73. The summed E-state index contributed by atoms with van der Waals surface area (Å²) in [4.78, 5) is 28.5. The van der Waals surface area contributed by atoms with Crippen LogP contribution in [-0.4, -0.2) is 95.3 Å². The van der Waals surface area contributed by atoms with E-state index >= 15 is 0 Å². The molecule has 2 saturated heterocycles. The molecule has 2 aliphatic heterocycles. The van der Waals surface area contributed by atoms with Gasteiger partial charge in [-0.2, -0.15) is 0 Å². The molecule has 2 aliphatic carbocycles. The molecule has 0 radical (unpaired) electrons. The fourth-order valence-corrected chi connectivity index (χ4v) is 9.10. The standard InChI is InChI=1S/C39H41Cl2N5O4/c1-22(47)44-14-16-45(17-15-44)32-12-10-23-18-30(42-38(49-2)34(23)32)28-8-4-6-26(36(28)40)27-7-5-9-29(37(27)41)31-19-24-11-13-33(46-20-25(48)21-46)35(24)39(43-31)50-3/h4-9,18-19,25,32-33,48H,10-17,20-21H2,1-3H3/t32-,33-/m0/s1. The summed E-state index contributed by atoms with van der Waals surface area (Å²) in [6.07, 6.45) is 3.53. The number of rotatable bonds is 7. The van der Waals surface area contributed by atoms with E-state index in [1.54, 1.807) is 21.1 Å². The van der Waals surface area contributed by atoms with Crippen LogP contribution in [0.15, 0.2) is 48.5 Å². The van der Waals surface area contributed by atoms with Crippen molar-refractivity contribution < 1.29 is 19.4 Å². The maximum atomic E-state index is 11.9. The van der Waals surface area contributed by atoms with Crippen molar-refractivity contribution in [3.8, 4) is 45.4 Å². The number of methoxy groups -OCH3 is 2. The zero-order chi connectivity index (χ0) is 34.7. The summed E-state index contributed by atoms with van der Waals surface area (Å²) in [5, 5.41) is 11.0. The van der Waals surface area contributed by atoms with Crippen LogP contribution in [0.25, 0.3) is 33.6 Å². The molecule has 2 atom stereocenters. The van der Waals surface area contributed by atoms with E-state index in [1.807, 2.05) is 41.3 Å². The number of ether oxygens (including phenoxy) is 2. The highest BCUT2D eigenvalue weighted by Gasteiger charge is 2.39. The lowest BCUT2D eigenvalue weighted by Crippen LogP contribution is -2.51. The van der Waals surface area contributed by atoms with Gasteiger partial charge in [-0.3, -0.25) is 14.6 Å². The van der Waals surface area contributed by atoms with E-state index in [9.17, 15) is 9.90 Å². The van der Waals surface area contributed by atoms with E-state index in [0.717, 1.165) is 96.6 Å². The summed E-state index contributed by atoms with van der Waals surface area (Å²) < 4.78 is 11.8. The quantitative estimate of drug-likeness (QED) is 0.229. The maximum absolute atomic E-state index is 11.9. The Balaban J connectivity index is 1.11.